The van der Waals surface area contributed by atoms with Crippen molar-refractivity contribution in [1.29, 1.82) is 0 Å². The standard InChI is InChI=1S/C31H46O5S2/c1-23(15-16-28-25(3)12-9-18-31(28,4)5)10-8-11-24(2)20-30(34)36-22-26(32)21-35-29(33)14-7-6-13-27-17-19-37-38-27/h8,10-11,15-16,20,26-27,32H,6-7,9,12-14,17-19,21-22H2,1-5H3. The summed E-state index contributed by atoms with van der Waals surface area (Å²) in [6.45, 7) is 10.3. The third-order valence-electron chi connectivity index (χ3n) is 6.86. The van der Waals surface area contributed by atoms with Crippen molar-refractivity contribution in [1.82, 2.24) is 0 Å². The molecule has 0 aromatic rings. The average molecular weight is 563 g/mol. The summed E-state index contributed by atoms with van der Waals surface area (Å²) in [6.07, 6.45) is 18.7. The van der Waals surface area contributed by atoms with Crippen LogP contribution in [0.25, 0.3) is 0 Å². The topological polar surface area (TPSA) is 72.8 Å². The van der Waals surface area contributed by atoms with Crippen molar-refractivity contribution < 1.29 is 24.2 Å². The SMILES string of the molecule is CC(C=CC1=C(C)CCCC1(C)C)=CC=CC(C)=CC(=O)OCC(O)COC(=O)CCCCC1CCSS1. The average Bonchev–Trinajstić information content (AvgIpc) is 3.37. The molecule has 1 fully saturated rings. The lowest BCUT2D eigenvalue weighted by molar-refractivity contribution is -0.150. The van der Waals surface area contributed by atoms with E-state index in [1.54, 1.807) is 0 Å². The normalized spacial score (nSPS) is 21.4. The van der Waals surface area contributed by atoms with Crippen molar-refractivity contribution in [2.45, 2.75) is 97.3 Å². The van der Waals surface area contributed by atoms with Gasteiger partial charge in [-0.2, -0.15) is 0 Å². The second-order valence-electron chi connectivity index (χ2n) is 11.0. The summed E-state index contributed by atoms with van der Waals surface area (Å²) in [4.78, 5) is 23.9. The first-order chi connectivity index (χ1) is 18.1. The molecule has 38 heavy (non-hydrogen) atoms. The largest absolute Gasteiger partial charge is 0.463 e. The van der Waals surface area contributed by atoms with Crippen LogP contribution in [0, 0.1) is 5.41 Å². The molecular weight excluding hydrogens is 516 g/mol. The zero-order valence-corrected chi connectivity index (χ0v) is 25.4. The van der Waals surface area contributed by atoms with Gasteiger partial charge in [0.25, 0.3) is 0 Å². The first kappa shape index (κ1) is 32.5. The summed E-state index contributed by atoms with van der Waals surface area (Å²) in [6, 6.07) is 0. The lowest BCUT2D eigenvalue weighted by Crippen LogP contribution is -2.25. The molecule has 1 heterocycles. The highest BCUT2D eigenvalue weighted by atomic mass is 33.1. The molecule has 1 N–H and O–H groups in total. The van der Waals surface area contributed by atoms with Gasteiger partial charge in [0.1, 0.15) is 19.3 Å². The first-order valence-electron chi connectivity index (χ1n) is 13.8. The molecule has 1 aliphatic carbocycles. The number of aliphatic hydroxyl groups excluding tert-OH is 1. The van der Waals surface area contributed by atoms with E-state index >= 15 is 0 Å². The Hall–Kier alpha value is -1.70. The quantitative estimate of drug-likeness (QED) is 0.0765. The highest BCUT2D eigenvalue weighted by Gasteiger charge is 2.26. The summed E-state index contributed by atoms with van der Waals surface area (Å²) < 4.78 is 10.2. The summed E-state index contributed by atoms with van der Waals surface area (Å²) in [5, 5.41) is 10.7. The molecule has 7 heteroatoms. The van der Waals surface area contributed by atoms with E-state index in [1.165, 1.54) is 48.7 Å². The third kappa shape index (κ3) is 12.9. The van der Waals surface area contributed by atoms with E-state index in [-0.39, 0.29) is 24.6 Å². The number of hydrogen-bond donors (Lipinski definition) is 1. The summed E-state index contributed by atoms with van der Waals surface area (Å²) in [5.74, 6) is 0.359. The second kappa shape index (κ2) is 17.1. The number of carbonyl (C=O) groups is 2. The molecule has 2 unspecified atom stereocenters. The van der Waals surface area contributed by atoms with Crippen LogP contribution in [0.3, 0.4) is 0 Å². The van der Waals surface area contributed by atoms with Crippen molar-refractivity contribution in [3.05, 3.63) is 58.7 Å². The highest BCUT2D eigenvalue weighted by molar-refractivity contribution is 8.77. The molecule has 2 aliphatic rings. The molecular formula is C31H46O5S2. The van der Waals surface area contributed by atoms with Gasteiger partial charge in [0.05, 0.1) is 0 Å². The van der Waals surface area contributed by atoms with Gasteiger partial charge in [-0.1, -0.05) is 83.4 Å². The van der Waals surface area contributed by atoms with Crippen molar-refractivity contribution in [3.63, 3.8) is 0 Å². The molecule has 5 nitrogen and oxygen atoms in total. The Morgan fingerprint density at radius 1 is 1.13 bits per heavy atom. The number of unbranched alkanes of at least 4 members (excludes halogenated alkanes) is 1. The number of aliphatic hydroxyl groups is 1. The number of allylic oxidation sites excluding steroid dienone is 9. The molecule has 0 saturated carbocycles. The molecule has 1 aliphatic heterocycles. The lowest BCUT2D eigenvalue weighted by Gasteiger charge is -2.32. The predicted octanol–water partition coefficient (Wildman–Crippen LogP) is 7.68. The van der Waals surface area contributed by atoms with Gasteiger partial charge in [-0.15, -0.1) is 0 Å². The molecule has 0 amide bonds. The molecule has 2 rings (SSSR count). The van der Waals surface area contributed by atoms with Gasteiger partial charge in [-0.25, -0.2) is 4.79 Å². The van der Waals surface area contributed by atoms with E-state index in [2.05, 4.69) is 39.8 Å². The van der Waals surface area contributed by atoms with Crippen LogP contribution in [0.4, 0.5) is 0 Å². The molecule has 0 radical (unpaired) electrons. The minimum Gasteiger partial charge on any atom is -0.463 e. The Morgan fingerprint density at radius 2 is 1.89 bits per heavy atom. The molecule has 0 aromatic carbocycles. The Labute approximate surface area is 237 Å². The lowest BCUT2D eigenvalue weighted by atomic mass is 9.72. The van der Waals surface area contributed by atoms with Crippen LogP contribution in [0.15, 0.2) is 58.7 Å². The van der Waals surface area contributed by atoms with Gasteiger partial charge in [-0.3, -0.25) is 4.79 Å². The van der Waals surface area contributed by atoms with E-state index < -0.39 is 12.1 Å². The summed E-state index contributed by atoms with van der Waals surface area (Å²) >= 11 is 0. The minimum atomic E-state index is -1.04. The van der Waals surface area contributed by atoms with Crippen molar-refractivity contribution >= 4 is 33.5 Å². The second-order valence-corrected chi connectivity index (χ2v) is 13.8. The van der Waals surface area contributed by atoms with Gasteiger partial charge < -0.3 is 14.6 Å². The van der Waals surface area contributed by atoms with Gasteiger partial charge in [0.2, 0.25) is 0 Å². The Bertz CT molecular complexity index is 936. The zero-order chi connectivity index (χ0) is 28.0. The van der Waals surface area contributed by atoms with Crippen molar-refractivity contribution in [2.24, 2.45) is 5.41 Å². The molecule has 2 atom stereocenters. The Balaban J connectivity index is 1.65. The molecule has 0 bridgehead atoms. The van der Waals surface area contributed by atoms with Gasteiger partial charge in [0.15, 0.2) is 0 Å². The van der Waals surface area contributed by atoms with Crippen LogP contribution in [-0.4, -0.2) is 47.4 Å². The smallest absolute Gasteiger partial charge is 0.331 e. The van der Waals surface area contributed by atoms with Crippen LogP contribution in [-0.2, 0) is 19.1 Å². The molecule has 0 aromatic heterocycles. The van der Waals surface area contributed by atoms with E-state index in [9.17, 15) is 14.7 Å². The van der Waals surface area contributed by atoms with Crippen LogP contribution in [0.5, 0.6) is 0 Å². The molecule has 1 saturated heterocycles. The maximum Gasteiger partial charge on any atom is 0.331 e. The van der Waals surface area contributed by atoms with Crippen LogP contribution < -0.4 is 0 Å². The van der Waals surface area contributed by atoms with Crippen molar-refractivity contribution in [2.75, 3.05) is 19.0 Å². The fourth-order valence-electron chi connectivity index (χ4n) is 4.60. The first-order valence-corrected chi connectivity index (χ1v) is 16.2. The Kier molecular flexibility index (Phi) is 14.6. The van der Waals surface area contributed by atoms with E-state index in [1.807, 2.05) is 46.7 Å². The molecule has 0 spiro atoms. The maximum absolute atomic E-state index is 12.1. The summed E-state index contributed by atoms with van der Waals surface area (Å²) in [7, 11) is 3.88. The predicted molar refractivity (Wildman–Crippen MR) is 161 cm³/mol. The van der Waals surface area contributed by atoms with Crippen molar-refractivity contribution in [3.8, 4) is 0 Å². The van der Waals surface area contributed by atoms with Crippen LogP contribution in [0.1, 0.15) is 86.0 Å². The fourth-order valence-corrected chi connectivity index (χ4v) is 7.63. The van der Waals surface area contributed by atoms with Crippen LogP contribution in [0.2, 0.25) is 0 Å². The van der Waals surface area contributed by atoms with E-state index in [0.717, 1.165) is 30.4 Å². The number of esters is 2. The van der Waals surface area contributed by atoms with E-state index in [4.69, 9.17) is 9.47 Å². The zero-order valence-electron chi connectivity index (χ0n) is 23.8. The monoisotopic (exact) mass is 562 g/mol. The summed E-state index contributed by atoms with van der Waals surface area (Å²) in [5.41, 5.74) is 5.00. The third-order valence-corrected chi connectivity index (χ3v) is 9.86. The number of ether oxygens (including phenoxy) is 2. The maximum atomic E-state index is 12.1. The molecule has 212 valence electrons. The van der Waals surface area contributed by atoms with Gasteiger partial charge in [-0.05, 0) is 75.9 Å². The highest BCUT2D eigenvalue weighted by Crippen LogP contribution is 2.41. The minimum absolute atomic E-state index is 0.172. The number of carbonyl (C=O) groups excluding carboxylic acids is 2. The Morgan fingerprint density at radius 3 is 2.61 bits per heavy atom. The van der Waals surface area contributed by atoms with Gasteiger partial charge in [0, 0.05) is 23.5 Å². The van der Waals surface area contributed by atoms with Crippen LogP contribution >= 0.6 is 21.6 Å². The number of hydrogen-bond acceptors (Lipinski definition) is 7. The van der Waals surface area contributed by atoms with Gasteiger partial charge >= 0.3 is 11.9 Å². The van der Waals surface area contributed by atoms with E-state index in [0.29, 0.717) is 11.7 Å². The number of rotatable bonds is 14. The fraction of sp³-hybridized carbons (Fsp3) is 0.613.